The van der Waals surface area contributed by atoms with Crippen molar-refractivity contribution in [3.63, 3.8) is 0 Å². The largest absolute Gasteiger partial charge is 0.459 e. The van der Waals surface area contributed by atoms with E-state index in [4.69, 9.17) is 10.5 Å². The number of hydrogen-bond donors (Lipinski definition) is 1. The van der Waals surface area contributed by atoms with Gasteiger partial charge in [0.2, 0.25) is 5.91 Å². The monoisotopic (exact) mass is 332 g/mol. The van der Waals surface area contributed by atoms with Crippen LogP contribution in [0, 0.1) is 5.41 Å². The number of ether oxygens (including phenoxy) is 1. The van der Waals surface area contributed by atoms with E-state index in [1.165, 1.54) is 12.1 Å². The van der Waals surface area contributed by atoms with E-state index in [9.17, 15) is 14.4 Å². The van der Waals surface area contributed by atoms with E-state index >= 15 is 0 Å². The van der Waals surface area contributed by atoms with Crippen LogP contribution in [0.5, 0.6) is 0 Å². The highest BCUT2D eigenvalue weighted by atomic mass is 16.6. The van der Waals surface area contributed by atoms with Gasteiger partial charge in [-0.05, 0) is 58.4 Å². The van der Waals surface area contributed by atoms with Crippen LogP contribution in [-0.2, 0) is 9.53 Å². The number of carbonyl (C=O) groups excluding carboxylic acids is 3. The van der Waals surface area contributed by atoms with Crippen molar-refractivity contribution in [1.29, 1.82) is 0 Å². The molecule has 1 atom stereocenters. The average Bonchev–Trinajstić information content (AvgIpc) is 2.89. The molecule has 1 aromatic carbocycles. The lowest BCUT2D eigenvalue weighted by Gasteiger charge is -2.28. The van der Waals surface area contributed by atoms with Crippen LogP contribution in [-0.4, -0.2) is 41.4 Å². The number of amides is 2. The second-order valence-electron chi connectivity index (χ2n) is 7.48. The van der Waals surface area contributed by atoms with Gasteiger partial charge in [0.05, 0.1) is 5.41 Å². The number of likely N-dealkylation sites (tertiary alicyclic amines) is 1. The summed E-state index contributed by atoms with van der Waals surface area (Å²) in [5.74, 6) is -0.986. The van der Waals surface area contributed by atoms with Gasteiger partial charge in [0, 0.05) is 24.2 Å². The third kappa shape index (κ3) is 3.93. The fraction of sp³-hybridized carbons (Fsp3) is 0.500. The molecule has 24 heavy (non-hydrogen) atoms. The van der Waals surface area contributed by atoms with Crippen molar-refractivity contribution in [2.45, 2.75) is 39.7 Å². The normalized spacial score (nSPS) is 20.8. The van der Waals surface area contributed by atoms with Gasteiger partial charge < -0.3 is 15.4 Å². The Balaban J connectivity index is 2.08. The van der Waals surface area contributed by atoms with Gasteiger partial charge in [-0.1, -0.05) is 0 Å². The van der Waals surface area contributed by atoms with E-state index in [2.05, 4.69) is 0 Å². The number of nitrogens with zero attached hydrogens (tertiary/aromatic N) is 1. The highest BCUT2D eigenvalue weighted by molar-refractivity contribution is 5.97. The molecule has 0 saturated carbocycles. The molecule has 130 valence electrons. The third-order valence-corrected chi connectivity index (χ3v) is 4.07. The minimum Gasteiger partial charge on any atom is -0.459 e. The van der Waals surface area contributed by atoms with Crippen LogP contribution in [0.4, 0.5) is 0 Å². The maximum Gasteiger partial charge on any atom is 0.314 e. The molecule has 2 amide bonds. The van der Waals surface area contributed by atoms with Gasteiger partial charge in [0.1, 0.15) is 5.60 Å². The molecule has 1 fully saturated rings. The fourth-order valence-electron chi connectivity index (χ4n) is 2.66. The quantitative estimate of drug-likeness (QED) is 0.857. The van der Waals surface area contributed by atoms with Crippen LogP contribution in [0.15, 0.2) is 24.3 Å². The Kier molecular flexibility index (Phi) is 4.69. The van der Waals surface area contributed by atoms with Crippen LogP contribution >= 0.6 is 0 Å². The lowest BCUT2D eigenvalue weighted by atomic mass is 9.90. The summed E-state index contributed by atoms with van der Waals surface area (Å²) in [6.07, 6.45) is 0.563. The van der Waals surface area contributed by atoms with Crippen LogP contribution in [0.2, 0.25) is 0 Å². The number of primary amides is 1. The maximum absolute atomic E-state index is 12.6. The third-order valence-electron chi connectivity index (χ3n) is 4.07. The Morgan fingerprint density at radius 1 is 1.12 bits per heavy atom. The van der Waals surface area contributed by atoms with Crippen molar-refractivity contribution in [3.8, 4) is 0 Å². The van der Waals surface area contributed by atoms with E-state index < -0.39 is 16.9 Å². The highest BCUT2D eigenvalue weighted by Crippen LogP contribution is 2.33. The molecule has 0 bridgehead atoms. The molecule has 1 saturated heterocycles. The van der Waals surface area contributed by atoms with Crippen LogP contribution in [0.1, 0.15) is 54.8 Å². The van der Waals surface area contributed by atoms with Crippen LogP contribution < -0.4 is 5.73 Å². The molecule has 2 N–H and O–H groups in total. The van der Waals surface area contributed by atoms with Crippen molar-refractivity contribution >= 4 is 17.8 Å². The average molecular weight is 332 g/mol. The summed E-state index contributed by atoms with van der Waals surface area (Å²) < 4.78 is 5.47. The number of benzene rings is 1. The lowest BCUT2D eigenvalue weighted by molar-refractivity contribution is -0.165. The lowest BCUT2D eigenvalue weighted by Crippen LogP contribution is -2.39. The van der Waals surface area contributed by atoms with Crippen LogP contribution in [0.25, 0.3) is 0 Å². The molecule has 0 radical (unpaired) electrons. The molecule has 6 heteroatoms. The molecular weight excluding hydrogens is 308 g/mol. The van der Waals surface area contributed by atoms with Gasteiger partial charge in [-0.15, -0.1) is 0 Å². The molecule has 1 aliphatic heterocycles. The minimum absolute atomic E-state index is 0.168. The zero-order chi connectivity index (χ0) is 18.1. The summed E-state index contributed by atoms with van der Waals surface area (Å²) >= 11 is 0. The van der Waals surface area contributed by atoms with Gasteiger partial charge in [-0.3, -0.25) is 14.4 Å². The van der Waals surface area contributed by atoms with Gasteiger partial charge >= 0.3 is 5.97 Å². The molecule has 1 aliphatic rings. The van der Waals surface area contributed by atoms with E-state index in [1.54, 1.807) is 17.0 Å². The topological polar surface area (TPSA) is 89.7 Å². The Bertz CT molecular complexity index is 661. The van der Waals surface area contributed by atoms with Crippen molar-refractivity contribution < 1.29 is 19.1 Å². The zero-order valence-corrected chi connectivity index (χ0v) is 14.6. The zero-order valence-electron chi connectivity index (χ0n) is 14.6. The molecule has 0 spiro atoms. The molecule has 0 aliphatic carbocycles. The van der Waals surface area contributed by atoms with Crippen LogP contribution in [0.3, 0.4) is 0 Å². The van der Waals surface area contributed by atoms with Gasteiger partial charge in [0.15, 0.2) is 0 Å². The molecule has 0 unspecified atom stereocenters. The Morgan fingerprint density at radius 3 is 2.17 bits per heavy atom. The van der Waals surface area contributed by atoms with E-state index in [-0.39, 0.29) is 11.9 Å². The smallest absolute Gasteiger partial charge is 0.314 e. The van der Waals surface area contributed by atoms with E-state index in [1.807, 2.05) is 27.7 Å². The maximum atomic E-state index is 12.6. The van der Waals surface area contributed by atoms with Crippen molar-refractivity contribution in [3.05, 3.63) is 35.4 Å². The number of nitrogens with two attached hydrogens (primary N) is 1. The Hall–Kier alpha value is -2.37. The number of rotatable bonds is 3. The fourth-order valence-corrected chi connectivity index (χ4v) is 2.66. The molecule has 2 rings (SSSR count). The van der Waals surface area contributed by atoms with Crippen molar-refractivity contribution in [2.24, 2.45) is 11.1 Å². The first kappa shape index (κ1) is 18.0. The summed E-state index contributed by atoms with van der Waals surface area (Å²) in [6.45, 7) is 8.11. The van der Waals surface area contributed by atoms with Gasteiger partial charge in [0.25, 0.3) is 5.91 Å². The summed E-state index contributed by atoms with van der Waals surface area (Å²) in [6, 6.07) is 6.20. The molecule has 1 aromatic rings. The predicted molar refractivity (Wildman–Crippen MR) is 89.4 cm³/mol. The first-order chi connectivity index (χ1) is 11.0. The number of hydrogen-bond acceptors (Lipinski definition) is 4. The highest BCUT2D eigenvalue weighted by Gasteiger charge is 2.44. The summed E-state index contributed by atoms with van der Waals surface area (Å²) in [5.41, 5.74) is 4.76. The first-order valence-electron chi connectivity index (χ1n) is 7.94. The summed E-state index contributed by atoms with van der Waals surface area (Å²) in [4.78, 5) is 37.7. The van der Waals surface area contributed by atoms with Crippen molar-refractivity contribution in [2.75, 3.05) is 13.1 Å². The van der Waals surface area contributed by atoms with Gasteiger partial charge in [-0.25, -0.2) is 0 Å². The Morgan fingerprint density at radius 2 is 1.67 bits per heavy atom. The summed E-state index contributed by atoms with van der Waals surface area (Å²) in [7, 11) is 0. The molecule has 1 heterocycles. The van der Waals surface area contributed by atoms with Gasteiger partial charge in [-0.2, -0.15) is 0 Å². The van der Waals surface area contributed by atoms with Crippen molar-refractivity contribution in [1.82, 2.24) is 4.90 Å². The molecule has 0 aromatic heterocycles. The number of esters is 1. The minimum atomic E-state index is -0.698. The second kappa shape index (κ2) is 6.26. The predicted octanol–water partition coefficient (Wildman–Crippen LogP) is 1.98. The second-order valence-corrected chi connectivity index (χ2v) is 7.48. The molecular formula is C18H24N2O4. The standard InChI is InChI=1S/C18H24N2O4/c1-17(2,3)24-16(23)18(4)9-10-20(11-18)15(22)13-7-5-12(6-8-13)14(19)21/h5-8H,9-11H2,1-4H3,(H2,19,21)/t18-/m1/s1. The first-order valence-corrected chi connectivity index (χ1v) is 7.94. The molecule has 6 nitrogen and oxygen atoms in total. The summed E-state index contributed by atoms with van der Waals surface area (Å²) in [5, 5.41) is 0. The Labute approximate surface area is 142 Å². The van der Waals surface area contributed by atoms with E-state index in [0.29, 0.717) is 30.6 Å². The number of carbonyl (C=O) groups is 3. The van der Waals surface area contributed by atoms with E-state index in [0.717, 1.165) is 0 Å². The SMILES string of the molecule is CC(C)(C)OC(=O)[C@]1(C)CCN(C(=O)c2ccc(C(N)=O)cc2)C1.